The highest BCUT2D eigenvalue weighted by Crippen LogP contribution is 2.03. The minimum absolute atomic E-state index is 0.426. The quantitative estimate of drug-likeness (QED) is 0.510. The third kappa shape index (κ3) is 5.98. The van der Waals surface area contributed by atoms with Crippen molar-refractivity contribution in [3.8, 4) is 0 Å². The summed E-state index contributed by atoms with van der Waals surface area (Å²) < 4.78 is 0. The van der Waals surface area contributed by atoms with Gasteiger partial charge in [0.05, 0.1) is 0 Å². The van der Waals surface area contributed by atoms with E-state index in [2.05, 4.69) is 6.92 Å². The van der Waals surface area contributed by atoms with Gasteiger partial charge >= 0.3 is 5.97 Å². The van der Waals surface area contributed by atoms with Gasteiger partial charge in [-0.05, 0) is 31.8 Å². The Morgan fingerprint density at radius 1 is 1.73 bits per heavy atom. The maximum Gasteiger partial charge on any atom is 0.330 e. The molecule has 1 N–H and O–H groups in total. The van der Waals surface area contributed by atoms with Crippen molar-refractivity contribution in [2.75, 3.05) is 11.5 Å². The number of allylic oxidation sites excluding steroid dienone is 1. The average molecular weight is 173 g/mol. The SMILES string of the molecule is [CH2]CSCCC=C(C)C(=O)O. The summed E-state index contributed by atoms with van der Waals surface area (Å²) in [6.45, 7) is 5.27. The summed E-state index contributed by atoms with van der Waals surface area (Å²) in [5.41, 5.74) is 0.426. The van der Waals surface area contributed by atoms with Crippen molar-refractivity contribution in [2.45, 2.75) is 13.3 Å². The molecule has 0 aliphatic carbocycles. The summed E-state index contributed by atoms with van der Waals surface area (Å²) in [5.74, 6) is 0.971. The normalized spacial score (nSPS) is 11.6. The molecule has 2 nitrogen and oxygen atoms in total. The van der Waals surface area contributed by atoms with E-state index in [1.165, 1.54) is 0 Å². The van der Waals surface area contributed by atoms with Crippen molar-refractivity contribution < 1.29 is 9.90 Å². The number of thioether (sulfide) groups is 1. The van der Waals surface area contributed by atoms with E-state index in [4.69, 9.17) is 5.11 Å². The molecule has 0 fully saturated rings. The van der Waals surface area contributed by atoms with Gasteiger partial charge in [0.25, 0.3) is 0 Å². The van der Waals surface area contributed by atoms with Crippen LogP contribution >= 0.6 is 11.8 Å². The average Bonchev–Trinajstić information content (AvgIpc) is 1.97. The first-order valence-corrected chi connectivity index (χ1v) is 4.61. The molecule has 0 atom stereocenters. The van der Waals surface area contributed by atoms with Crippen molar-refractivity contribution in [3.63, 3.8) is 0 Å². The molecule has 0 saturated carbocycles. The van der Waals surface area contributed by atoms with Crippen LogP contribution < -0.4 is 0 Å². The van der Waals surface area contributed by atoms with Gasteiger partial charge in [-0.2, -0.15) is 11.8 Å². The highest BCUT2D eigenvalue weighted by Gasteiger charge is 1.96. The fraction of sp³-hybridized carbons (Fsp3) is 0.500. The summed E-state index contributed by atoms with van der Waals surface area (Å²) in [7, 11) is 0. The Hall–Kier alpha value is -0.440. The molecule has 0 amide bonds. The van der Waals surface area contributed by atoms with Gasteiger partial charge in [0.15, 0.2) is 0 Å². The van der Waals surface area contributed by atoms with Gasteiger partial charge in [-0.1, -0.05) is 6.08 Å². The number of rotatable bonds is 5. The van der Waals surface area contributed by atoms with Crippen LogP contribution in [0.1, 0.15) is 13.3 Å². The van der Waals surface area contributed by atoms with Gasteiger partial charge in [0.2, 0.25) is 0 Å². The second kappa shape index (κ2) is 6.28. The van der Waals surface area contributed by atoms with Gasteiger partial charge < -0.3 is 5.11 Å². The van der Waals surface area contributed by atoms with Gasteiger partial charge in [0.1, 0.15) is 0 Å². The molecule has 0 saturated heterocycles. The molecule has 0 unspecified atom stereocenters. The van der Waals surface area contributed by atoms with Crippen LogP contribution in [-0.4, -0.2) is 22.6 Å². The molecule has 0 aromatic heterocycles. The molecule has 0 spiro atoms. The lowest BCUT2D eigenvalue weighted by Gasteiger charge is -1.94. The van der Waals surface area contributed by atoms with Crippen LogP contribution in [0.2, 0.25) is 0 Å². The van der Waals surface area contributed by atoms with Crippen LogP contribution in [0.4, 0.5) is 0 Å². The Labute approximate surface area is 71.7 Å². The zero-order chi connectivity index (χ0) is 8.69. The predicted molar refractivity (Wildman–Crippen MR) is 48.7 cm³/mol. The summed E-state index contributed by atoms with van der Waals surface area (Å²) in [5, 5.41) is 8.45. The number of carboxylic acid groups (broad SMARTS) is 1. The second-order valence-electron chi connectivity index (χ2n) is 2.09. The van der Waals surface area contributed by atoms with E-state index < -0.39 is 5.97 Å². The number of carboxylic acids is 1. The molecule has 11 heavy (non-hydrogen) atoms. The third-order valence-corrected chi connectivity index (χ3v) is 2.01. The summed E-state index contributed by atoms with van der Waals surface area (Å²) in [6.07, 6.45) is 2.56. The maximum atomic E-state index is 10.3. The number of carbonyl (C=O) groups is 1. The second-order valence-corrected chi connectivity index (χ2v) is 3.32. The van der Waals surface area contributed by atoms with E-state index in [0.29, 0.717) is 5.57 Å². The standard InChI is InChI=1S/C8H13O2S/c1-3-11-6-4-5-7(2)8(9)10/h5H,1,3-4,6H2,2H3,(H,9,10). The maximum absolute atomic E-state index is 10.3. The van der Waals surface area contributed by atoms with E-state index in [-0.39, 0.29) is 0 Å². The number of hydrogen-bond acceptors (Lipinski definition) is 2. The lowest BCUT2D eigenvalue weighted by Crippen LogP contribution is -1.95. The lowest BCUT2D eigenvalue weighted by atomic mass is 10.2. The van der Waals surface area contributed by atoms with Crippen molar-refractivity contribution in [1.82, 2.24) is 0 Å². The first kappa shape index (κ1) is 10.6. The molecule has 0 aromatic rings. The largest absolute Gasteiger partial charge is 0.478 e. The van der Waals surface area contributed by atoms with E-state index >= 15 is 0 Å². The summed E-state index contributed by atoms with van der Waals surface area (Å²) >= 11 is 1.71. The van der Waals surface area contributed by atoms with Gasteiger partial charge in [-0.3, -0.25) is 0 Å². The third-order valence-electron chi connectivity index (χ3n) is 1.19. The van der Waals surface area contributed by atoms with Crippen LogP contribution in [0.25, 0.3) is 0 Å². The zero-order valence-electron chi connectivity index (χ0n) is 6.67. The Balaban J connectivity index is 3.48. The highest BCUT2D eigenvalue weighted by atomic mass is 32.2. The minimum Gasteiger partial charge on any atom is -0.478 e. The smallest absolute Gasteiger partial charge is 0.330 e. The van der Waals surface area contributed by atoms with Crippen molar-refractivity contribution in [1.29, 1.82) is 0 Å². The monoisotopic (exact) mass is 173 g/mol. The zero-order valence-corrected chi connectivity index (χ0v) is 7.49. The molecule has 0 aliphatic rings. The van der Waals surface area contributed by atoms with E-state index in [0.717, 1.165) is 17.9 Å². The molecule has 63 valence electrons. The Bertz CT molecular complexity index is 152. The Kier molecular flexibility index (Phi) is 6.03. The molecule has 0 bridgehead atoms. The Morgan fingerprint density at radius 3 is 2.82 bits per heavy atom. The molecule has 0 aliphatic heterocycles. The van der Waals surface area contributed by atoms with Crippen LogP contribution in [0.5, 0.6) is 0 Å². The molecule has 3 heteroatoms. The first-order chi connectivity index (χ1) is 5.18. The van der Waals surface area contributed by atoms with Crippen molar-refractivity contribution in [2.24, 2.45) is 0 Å². The van der Waals surface area contributed by atoms with E-state index in [1.807, 2.05) is 0 Å². The molecular formula is C8H13O2S. The number of hydrogen-bond donors (Lipinski definition) is 1. The highest BCUT2D eigenvalue weighted by molar-refractivity contribution is 7.99. The molecule has 0 rings (SSSR count). The fourth-order valence-corrected chi connectivity index (χ4v) is 1.04. The Morgan fingerprint density at radius 2 is 2.36 bits per heavy atom. The topological polar surface area (TPSA) is 37.3 Å². The van der Waals surface area contributed by atoms with Gasteiger partial charge in [0, 0.05) is 5.57 Å². The fourth-order valence-electron chi connectivity index (χ4n) is 0.548. The molecular weight excluding hydrogens is 160 g/mol. The van der Waals surface area contributed by atoms with Crippen molar-refractivity contribution >= 4 is 17.7 Å². The van der Waals surface area contributed by atoms with Crippen LogP contribution in [0.15, 0.2) is 11.6 Å². The minimum atomic E-state index is -0.829. The van der Waals surface area contributed by atoms with E-state index in [1.54, 1.807) is 24.8 Å². The summed E-state index contributed by atoms with van der Waals surface area (Å²) in [4.78, 5) is 10.3. The first-order valence-electron chi connectivity index (χ1n) is 3.45. The van der Waals surface area contributed by atoms with Gasteiger partial charge in [-0.25, -0.2) is 4.79 Å². The molecule has 0 heterocycles. The van der Waals surface area contributed by atoms with E-state index in [9.17, 15) is 4.79 Å². The van der Waals surface area contributed by atoms with Gasteiger partial charge in [-0.15, -0.1) is 0 Å². The van der Waals surface area contributed by atoms with Crippen LogP contribution in [-0.2, 0) is 4.79 Å². The number of aliphatic carboxylic acids is 1. The van der Waals surface area contributed by atoms with Crippen LogP contribution in [0, 0.1) is 6.92 Å². The molecule has 1 radical (unpaired) electrons. The lowest BCUT2D eigenvalue weighted by molar-refractivity contribution is -0.132. The predicted octanol–water partition coefficient (Wildman–Crippen LogP) is 1.97. The molecule has 0 aromatic carbocycles. The van der Waals surface area contributed by atoms with Crippen molar-refractivity contribution in [3.05, 3.63) is 18.6 Å². The summed E-state index contributed by atoms with van der Waals surface area (Å²) in [6, 6.07) is 0. The van der Waals surface area contributed by atoms with Crippen LogP contribution in [0.3, 0.4) is 0 Å².